The van der Waals surface area contributed by atoms with Gasteiger partial charge in [0.15, 0.2) is 0 Å². The molecule has 0 radical (unpaired) electrons. The molecule has 0 aliphatic heterocycles. The second-order valence-electron chi connectivity index (χ2n) is 5.54. The third-order valence-corrected chi connectivity index (χ3v) is 5.71. The van der Waals surface area contributed by atoms with E-state index >= 15 is 0 Å². The highest BCUT2D eigenvalue weighted by Crippen LogP contribution is 2.29. The van der Waals surface area contributed by atoms with Crippen LogP contribution >= 0.6 is 11.8 Å². The highest BCUT2D eigenvalue weighted by molar-refractivity contribution is 7.99. The Morgan fingerprint density at radius 1 is 1.12 bits per heavy atom. The van der Waals surface area contributed by atoms with Crippen molar-refractivity contribution in [2.45, 2.75) is 77.0 Å². The minimum Gasteiger partial charge on any atom is -0.313 e. The lowest BCUT2D eigenvalue weighted by Gasteiger charge is -2.30. The zero-order valence-corrected chi connectivity index (χ0v) is 12.8. The van der Waals surface area contributed by atoms with E-state index in [1.165, 1.54) is 50.7 Å². The molecular formula is C15H31NS. The van der Waals surface area contributed by atoms with Gasteiger partial charge in [-0.25, -0.2) is 0 Å². The average Bonchev–Trinajstić information content (AvgIpc) is 2.31. The van der Waals surface area contributed by atoms with Crippen LogP contribution in [0.2, 0.25) is 0 Å². The molecule has 1 aliphatic carbocycles. The lowest BCUT2D eigenvalue weighted by molar-refractivity contribution is 0.405. The molecule has 0 aromatic rings. The van der Waals surface area contributed by atoms with Crippen molar-refractivity contribution in [2.24, 2.45) is 5.92 Å². The third-order valence-electron chi connectivity index (χ3n) is 3.96. The molecule has 0 bridgehead atoms. The maximum atomic E-state index is 3.72. The number of nitrogens with one attached hydrogen (secondary N) is 1. The molecule has 0 aromatic heterocycles. The minimum absolute atomic E-state index is 0.773. The van der Waals surface area contributed by atoms with Crippen molar-refractivity contribution in [3.8, 4) is 0 Å². The summed E-state index contributed by atoms with van der Waals surface area (Å²) in [4.78, 5) is 0. The Labute approximate surface area is 113 Å². The van der Waals surface area contributed by atoms with Crippen LogP contribution in [-0.2, 0) is 0 Å². The topological polar surface area (TPSA) is 12.0 Å². The molecule has 0 amide bonds. The number of rotatable bonds is 6. The smallest absolute Gasteiger partial charge is 0.0201 e. The van der Waals surface area contributed by atoms with E-state index in [2.05, 4.69) is 37.8 Å². The third kappa shape index (κ3) is 6.15. The van der Waals surface area contributed by atoms with Crippen LogP contribution in [0.5, 0.6) is 0 Å². The minimum atomic E-state index is 0.773. The van der Waals surface area contributed by atoms with Gasteiger partial charge in [0.25, 0.3) is 0 Å². The van der Waals surface area contributed by atoms with Crippen LogP contribution in [0.4, 0.5) is 0 Å². The van der Waals surface area contributed by atoms with Gasteiger partial charge in [0.2, 0.25) is 0 Å². The zero-order valence-electron chi connectivity index (χ0n) is 12.0. The molecule has 0 saturated heterocycles. The highest BCUT2D eigenvalue weighted by Gasteiger charge is 2.22. The summed E-state index contributed by atoms with van der Waals surface area (Å²) in [7, 11) is 0. The quantitative estimate of drug-likeness (QED) is 0.753. The Hall–Kier alpha value is 0.310. The summed E-state index contributed by atoms with van der Waals surface area (Å²) in [6, 6.07) is 0.773. The Bertz CT molecular complexity index is 184. The first kappa shape index (κ1) is 15.4. The van der Waals surface area contributed by atoms with Crippen LogP contribution in [0, 0.1) is 5.92 Å². The SMILES string of the molecule is CCNC1CCCCCCC1SCC(C)CC. The maximum Gasteiger partial charge on any atom is 0.0201 e. The summed E-state index contributed by atoms with van der Waals surface area (Å²) in [6.45, 7) is 8.07. The predicted octanol–water partition coefficient (Wildman–Crippen LogP) is 4.47. The first-order chi connectivity index (χ1) is 8.27. The van der Waals surface area contributed by atoms with Gasteiger partial charge in [-0.3, -0.25) is 0 Å². The predicted molar refractivity (Wildman–Crippen MR) is 80.9 cm³/mol. The monoisotopic (exact) mass is 257 g/mol. The fraction of sp³-hybridized carbons (Fsp3) is 1.00. The number of hydrogen-bond donors (Lipinski definition) is 1. The van der Waals surface area contributed by atoms with E-state index in [1.807, 2.05) is 0 Å². The normalized spacial score (nSPS) is 28.4. The molecule has 0 aromatic carbocycles. The summed E-state index contributed by atoms with van der Waals surface area (Å²) in [5.41, 5.74) is 0. The molecule has 1 aliphatic rings. The molecule has 0 heterocycles. The van der Waals surface area contributed by atoms with Crippen LogP contribution in [0.25, 0.3) is 0 Å². The fourth-order valence-electron chi connectivity index (χ4n) is 2.55. The van der Waals surface area contributed by atoms with Crippen LogP contribution in [0.1, 0.15) is 65.7 Å². The van der Waals surface area contributed by atoms with E-state index in [9.17, 15) is 0 Å². The van der Waals surface area contributed by atoms with Crippen molar-refractivity contribution in [1.29, 1.82) is 0 Å². The largest absolute Gasteiger partial charge is 0.313 e. The Balaban J connectivity index is 2.41. The summed E-state index contributed by atoms with van der Waals surface area (Å²) >= 11 is 2.24. The standard InChI is InChI=1S/C15H31NS/c1-4-13(3)12-17-15-11-9-7-6-8-10-14(15)16-5-2/h13-16H,4-12H2,1-3H3. The van der Waals surface area contributed by atoms with Gasteiger partial charge < -0.3 is 5.32 Å². The lowest BCUT2D eigenvalue weighted by Crippen LogP contribution is -2.39. The van der Waals surface area contributed by atoms with E-state index in [0.29, 0.717) is 0 Å². The van der Waals surface area contributed by atoms with Crippen molar-refractivity contribution < 1.29 is 0 Å². The summed E-state index contributed by atoms with van der Waals surface area (Å²) in [5, 5.41) is 4.59. The molecule has 1 fully saturated rings. The molecule has 1 saturated carbocycles. The molecule has 1 nitrogen and oxygen atoms in total. The van der Waals surface area contributed by atoms with E-state index in [4.69, 9.17) is 0 Å². The van der Waals surface area contributed by atoms with E-state index in [0.717, 1.165) is 23.8 Å². The first-order valence-corrected chi connectivity index (χ1v) is 8.67. The zero-order chi connectivity index (χ0) is 12.5. The molecule has 0 spiro atoms. The van der Waals surface area contributed by atoms with Crippen molar-refractivity contribution in [3.05, 3.63) is 0 Å². The average molecular weight is 257 g/mol. The summed E-state index contributed by atoms with van der Waals surface area (Å²) < 4.78 is 0. The summed E-state index contributed by atoms with van der Waals surface area (Å²) in [5.74, 6) is 2.23. The Morgan fingerprint density at radius 2 is 1.82 bits per heavy atom. The maximum absolute atomic E-state index is 3.72. The van der Waals surface area contributed by atoms with E-state index in [1.54, 1.807) is 0 Å². The molecule has 1 rings (SSSR count). The van der Waals surface area contributed by atoms with Crippen LogP contribution in [0.3, 0.4) is 0 Å². The van der Waals surface area contributed by atoms with Gasteiger partial charge in [-0.15, -0.1) is 0 Å². The number of hydrogen-bond acceptors (Lipinski definition) is 2. The van der Waals surface area contributed by atoms with Crippen molar-refractivity contribution in [3.63, 3.8) is 0 Å². The van der Waals surface area contributed by atoms with Gasteiger partial charge in [0.05, 0.1) is 0 Å². The van der Waals surface area contributed by atoms with Crippen LogP contribution < -0.4 is 5.32 Å². The van der Waals surface area contributed by atoms with Gasteiger partial charge in [0, 0.05) is 11.3 Å². The van der Waals surface area contributed by atoms with Crippen molar-refractivity contribution in [1.82, 2.24) is 5.32 Å². The molecule has 17 heavy (non-hydrogen) atoms. The first-order valence-electron chi connectivity index (χ1n) is 7.62. The van der Waals surface area contributed by atoms with Gasteiger partial charge in [0.1, 0.15) is 0 Å². The van der Waals surface area contributed by atoms with Crippen LogP contribution in [0.15, 0.2) is 0 Å². The van der Waals surface area contributed by atoms with E-state index in [-0.39, 0.29) is 0 Å². The lowest BCUT2D eigenvalue weighted by atomic mass is 9.96. The van der Waals surface area contributed by atoms with Crippen molar-refractivity contribution in [2.75, 3.05) is 12.3 Å². The van der Waals surface area contributed by atoms with Gasteiger partial charge in [-0.2, -0.15) is 11.8 Å². The Morgan fingerprint density at radius 3 is 2.47 bits per heavy atom. The van der Waals surface area contributed by atoms with Crippen LogP contribution in [-0.4, -0.2) is 23.6 Å². The molecule has 102 valence electrons. The summed E-state index contributed by atoms with van der Waals surface area (Å²) in [6.07, 6.45) is 9.93. The van der Waals surface area contributed by atoms with E-state index < -0.39 is 0 Å². The molecule has 2 heteroatoms. The van der Waals surface area contributed by atoms with Crippen molar-refractivity contribution >= 4 is 11.8 Å². The van der Waals surface area contributed by atoms with Gasteiger partial charge in [-0.05, 0) is 31.1 Å². The molecule has 3 unspecified atom stereocenters. The number of thioether (sulfide) groups is 1. The fourth-order valence-corrected chi connectivity index (χ4v) is 4.16. The van der Waals surface area contributed by atoms with Gasteiger partial charge in [-0.1, -0.05) is 52.9 Å². The molecular weight excluding hydrogens is 226 g/mol. The molecule has 1 N–H and O–H groups in total. The van der Waals surface area contributed by atoms with Gasteiger partial charge >= 0.3 is 0 Å². The second-order valence-corrected chi connectivity index (χ2v) is 6.81. The highest BCUT2D eigenvalue weighted by atomic mass is 32.2. The second kappa shape index (κ2) is 9.27. The Kier molecular flexibility index (Phi) is 8.38. The molecule has 3 atom stereocenters.